The molecule has 3 aliphatic rings. The van der Waals surface area contributed by atoms with Crippen molar-refractivity contribution < 1.29 is 0 Å². The summed E-state index contributed by atoms with van der Waals surface area (Å²) in [6.45, 7) is 0. The van der Waals surface area contributed by atoms with E-state index in [9.17, 15) is 0 Å². The van der Waals surface area contributed by atoms with Gasteiger partial charge in [0.05, 0.1) is 16.3 Å². The molecule has 5 atom stereocenters. The summed E-state index contributed by atoms with van der Waals surface area (Å²) in [5.74, 6) is 3.22. The molecular formula is C18H19Cl2N3S. The molecule has 6 heteroatoms. The number of halogens is 2. The van der Waals surface area contributed by atoms with Gasteiger partial charge in [0.1, 0.15) is 0 Å². The summed E-state index contributed by atoms with van der Waals surface area (Å²) in [5, 5.41) is 9.28. The number of hydrazone groups is 1. The van der Waals surface area contributed by atoms with Gasteiger partial charge in [-0.15, -0.1) is 0 Å². The second-order valence-corrected chi connectivity index (χ2v) is 8.15. The van der Waals surface area contributed by atoms with Crippen LogP contribution in [0, 0.1) is 23.7 Å². The van der Waals surface area contributed by atoms with Crippen molar-refractivity contribution in [1.82, 2.24) is 10.7 Å². The van der Waals surface area contributed by atoms with E-state index in [1.54, 1.807) is 18.3 Å². The zero-order chi connectivity index (χ0) is 16.7. The van der Waals surface area contributed by atoms with Crippen LogP contribution in [0.4, 0.5) is 0 Å². The van der Waals surface area contributed by atoms with Crippen LogP contribution in [-0.4, -0.2) is 17.4 Å². The molecule has 0 spiro atoms. The Hall–Kier alpha value is -1.10. The molecule has 0 radical (unpaired) electrons. The van der Waals surface area contributed by atoms with E-state index in [2.05, 4.69) is 28.0 Å². The first-order chi connectivity index (χ1) is 11.6. The predicted octanol–water partition coefficient (Wildman–Crippen LogP) is 4.39. The lowest BCUT2D eigenvalue weighted by atomic mass is 9.79. The minimum Gasteiger partial charge on any atom is -0.358 e. The van der Waals surface area contributed by atoms with Crippen molar-refractivity contribution in [3.8, 4) is 0 Å². The van der Waals surface area contributed by atoms with Crippen molar-refractivity contribution in [1.29, 1.82) is 0 Å². The van der Waals surface area contributed by atoms with Gasteiger partial charge in [0.15, 0.2) is 5.11 Å². The number of nitrogens with one attached hydrogen (secondary N) is 2. The van der Waals surface area contributed by atoms with Crippen molar-refractivity contribution in [3.63, 3.8) is 0 Å². The third kappa shape index (κ3) is 3.07. The molecule has 2 saturated carbocycles. The Balaban J connectivity index is 1.30. The molecular weight excluding hydrogens is 361 g/mol. The van der Waals surface area contributed by atoms with Crippen LogP contribution in [0.5, 0.6) is 0 Å². The van der Waals surface area contributed by atoms with Gasteiger partial charge in [-0.25, -0.2) is 0 Å². The number of nitrogens with zero attached hydrogens (tertiary/aromatic N) is 1. The van der Waals surface area contributed by atoms with E-state index in [-0.39, 0.29) is 0 Å². The molecule has 1 aromatic carbocycles. The normalized spacial score (nSPS) is 33.2. The van der Waals surface area contributed by atoms with Gasteiger partial charge in [-0.2, -0.15) is 5.10 Å². The van der Waals surface area contributed by atoms with Crippen LogP contribution >= 0.6 is 35.4 Å². The van der Waals surface area contributed by atoms with Gasteiger partial charge >= 0.3 is 0 Å². The maximum Gasteiger partial charge on any atom is 0.187 e. The van der Waals surface area contributed by atoms with Crippen molar-refractivity contribution in [2.24, 2.45) is 28.8 Å². The fraction of sp³-hybridized carbons (Fsp3) is 0.444. The average molecular weight is 380 g/mol. The van der Waals surface area contributed by atoms with E-state index in [4.69, 9.17) is 35.4 Å². The SMILES string of the molecule is S=C(N/N=C\c1ccc(Cl)c(Cl)c1)N[C@@H]1C[C@@H]2C[C@@H]1[C@@H]1C=CC[C@@H]21. The molecule has 1 aromatic rings. The van der Waals surface area contributed by atoms with Crippen LogP contribution in [0.25, 0.3) is 0 Å². The van der Waals surface area contributed by atoms with Gasteiger partial charge < -0.3 is 5.32 Å². The first-order valence-electron chi connectivity index (χ1n) is 8.33. The predicted molar refractivity (Wildman–Crippen MR) is 104 cm³/mol. The molecule has 0 unspecified atom stereocenters. The Kier molecular flexibility index (Phi) is 4.54. The molecule has 0 heterocycles. The van der Waals surface area contributed by atoms with E-state index in [0.29, 0.717) is 21.2 Å². The lowest BCUT2D eigenvalue weighted by Gasteiger charge is -2.32. The second-order valence-electron chi connectivity index (χ2n) is 6.92. The highest BCUT2D eigenvalue weighted by atomic mass is 35.5. The molecule has 24 heavy (non-hydrogen) atoms. The van der Waals surface area contributed by atoms with Gasteiger partial charge in [0.2, 0.25) is 0 Å². The van der Waals surface area contributed by atoms with Gasteiger partial charge in [0.25, 0.3) is 0 Å². The fourth-order valence-corrected chi connectivity index (χ4v) is 5.18. The highest BCUT2D eigenvalue weighted by Crippen LogP contribution is 2.56. The second kappa shape index (κ2) is 6.66. The number of rotatable bonds is 3. The highest BCUT2D eigenvalue weighted by Gasteiger charge is 2.52. The fourth-order valence-electron chi connectivity index (χ4n) is 4.67. The number of fused-ring (bicyclic) bond motifs is 5. The monoisotopic (exact) mass is 379 g/mol. The maximum atomic E-state index is 5.99. The molecule has 0 amide bonds. The molecule has 3 aliphatic carbocycles. The summed E-state index contributed by atoms with van der Waals surface area (Å²) in [5.41, 5.74) is 3.78. The minimum absolute atomic E-state index is 0.471. The number of hydrogen-bond acceptors (Lipinski definition) is 2. The molecule has 4 rings (SSSR count). The highest BCUT2D eigenvalue weighted by molar-refractivity contribution is 7.80. The first-order valence-corrected chi connectivity index (χ1v) is 9.49. The van der Waals surface area contributed by atoms with Crippen molar-refractivity contribution in [2.45, 2.75) is 25.3 Å². The third-order valence-electron chi connectivity index (χ3n) is 5.65. The zero-order valence-electron chi connectivity index (χ0n) is 13.1. The number of thiocarbonyl (C=S) groups is 1. The van der Waals surface area contributed by atoms with E-state index in [1.165, 1.54) is 19.3 Å². The van der Waals surface area contributed by atoms with E-state index in [1.807, 2.05) is 6.07 Å². The van der Waals surface area contributed by atoms with E-state index < -0.39 is 0 Å². The Bertz CT molecular complexity index is 718. The van der Waals surface area contributed by atoms with Crippen LogP contribution in [0.15, 0.2) is 35.5 Å². The third-order valence-corrected chi connectivity index (χ3v) is 6.60. The molecule has 126 valence electrons. The molecule has 2 fully saturated rings. The van der Waals surface area contributed by atoms with Crippen molar-refractivity contribution >= 4 is 46.7 Å². The van der Waals surface area contributed by atoms with Gasteiger partial charge in [-0.3, -0.25) is 5.43 Å². The van der Waals surface area contributed by atoms with E-state index in [0.717, 1.165) is 29.2 Å². The maximum absolute atomic E-state index is 5.99. The Morgan fingerprint density at radius 3 is 2.92 bits per heavy atom. The van der Waals surface area contributed by atoms with Crippen LogP contribution < -0.4 is 10.7 Å². The summed E-state index contributed by atoms with van der Waals surface area (Å²) < 4.78 is 0. The molecule has 2 bridgehead atoms. The molecule has 2 N–H and O–H groups in total. The Labute approximate surface area is 157 Å². The quantitative estimate of drug-likeness (QED) is 0.353. The van der Waals surface area contributed by atoms with Gasteiger partial charge in [0, 0.05) is 6.04 Å². The van der Waals surface area contributed by atoms with Gasteiger partial charge in [-0.05, 0) is 72.8 Å². The number of allylic oxidation sites excluding steroid dienone is 2. The lowest BCUT2D eigenvalue weighted by Crippen LogP contribution is -2.45. The molecule has 0 aliphatic heterocycles. The molecule has 3 nitrogen and oxygen atoms in total. The standard InChI is InChI=1S/C18H19Cl2N3S/c19-15-5-4-10(6-16(15)20)9-21-23-18(24)22-17-8-11-7-14(17)13-3-1-2-12(11)13/h1,3-6,9,11-14,17H,2,7-8H2,(H2,22,23,24)/b21-9-/t11-,12-,13+,14+,17+/m0/s1. The largest absolute Gasteiger partial charge is 0.358 e. The van der Waals surface area contributed by atoms with Crippen LogP contribution in [0.2, 0.25) is 10.0 Å². The van der Waals surface area contributed by atoms with Crippen LogP contribution in [-0.2, 0) is 0 Å². The lowest BCUT2D eigenvalue weighted by molar-refractivity contribution is 0.246. The minimum atomic E-state index is 0.471. The van der Waals surface area contributed by atoms with Crippen LogP contribution in [0.3, 0.4) is 0 Å². The summed E-state index contributed by atoms with van der Waals surface area (Å²) >= 11 is 17.3. The smallest absolute Gasteiger partial charge is 0.187 e. The number of hydrogen-bond donors (Lipinski definition) is 2. The topological polar surface area (TPSA) is 36.4 Å². The molecule has 0 saturated heterocycles. The van der Waals surface area contributed by atoms with Crippen molar-refractivity contribution in [3.05, 3.63) is 46.0 Å². The first kappa shape index (κ1) is 16.4. The number of benzene rings is 1. The zero-order valence-corrected chi connectivity index (χ0v) is 15.4. The van der Waals surface area contributed by atoms with Crippen LogP contribution in [0.1, 0.15) is 24.8 Å². The Morgan fingerprint density at radius 2 is 2.08 bits per heavy atom. The Morgan fingerprint density at radius 1 is 1.21 bits per heavy atom. The van der Waals surface area contributed by atoms with Gasteiger partial charge in [-0.1, -0.05) is 41.4 Å². The summed E-state index contributed by atoms with van der Waals surface area (Å²) in [7, 11) is 0. The van der Waals surface area contributed by atoms with E-state index >= 15 is 0 Å². The summed E-state index contributed by atoms with van der Waals surface area (Å²) in [4.78, 5) is 0. The van der Waals surface area contributed by atoms with Crippen molar-refractivity contribution in [2.75, 3.05) is 0 Å². The average Bonchev–Trinajstić information content (AvgIpc) is 3.23. The summed E-state index contributed by atoms with van der Waals surface area (Å²) in [6.07, 6.45) is 10.3. The summed E-state index contributed by atoms with van der Waals surface area (Å²) in [6, 6.07) is 5.86. The molecule has 0 aromatic heterocycles.